The molecule has 0 bridgehead atoms. The number of hydrogen-bond acceptors (Lipinski definition) is 3. The number of aryl methyl sites for hydroxylation is 1. The van der Waals surface area contributed by atoms with Gasteiger partial charge in [0.05, 0.1) is 6.04 Å². The van der Waals surface area contributed by atoms with E-state index in [2.05, 4.69) is 10.3 Å². The lowest BCUT2D eigenvalue weighted by atomic mass is 10.0. The lowest BCUT2D eigenvalue weighted by Crippen LogP contribution is -2.23. The molecule has 0 radical (unpaired) electrons. The van der Waals surface area contributed by atoms with Gasteiger partial charge in [-0.15, -0.1) is 11.3 Å². The normalized spacial score (nSPS) is 13.4. The molecule has 114 valence electrons. The Bertz CT molecular complexity index is 593. The lowest BCUT2D eigenvalue weighted by molar-refractivity contribution is -0.137. The lowest BCUT2D eigenvalue weighted by Gasteiger charge is -2.19. The van der Waals surface area contributed by atoms with Gasteiger partial charge in [-0.2, -0.15) is 13.2 Å². The number of hydrogen-bond donors (Lipinski definition) is 1. The summed E-state index contributed by atoms with van der Waals surface area (Å²) in [4.78, 5) is 4.11. The second-order valence-electron chi connectivity index (χ2n) is 4.81. The highest BCUT2D eigenvalue weighted by molar-refractivity contribution is 7.11. The third-order valence-corrected chi connectivity index (χ3v) is 4.26. The summed E-state index contributed by atoms with van der Waals surface area (Å²) < 4.78 is 38.2. The van der Waals surface area contributed by atoms with E-state index in [1.165, 1.54) is 6.20 Å². The molecule has 1 aromatic heterocycles. The average Bonchev–Trinajstić information content (AvgIpc) is 2.91. The minimum absolute atomic E-state index is 0.250. The maximum absolute atomic E-state index is 12.7. The molecule has 2 aromatic rings. The van der Waals surface area contributed by atoms with E-state index in [1.54, 1.807) is 0 Å². The first kappa shape index (κ1) is 16.0. The minimum atomic E-state index is -4.38. The number of halogens is 3. The van der Waals surface area contributed by atoms with Crippen molar-refractivity contribution in [3.8, 4) is 0 Å². The number of thiazole rings is 1. The van der Waals surface area contributed by atoms with Crippen LogP contribution in [0, 0.1) is 6.92 Å². The van der Waals surface area contributed by atoms with Crippen molar-refractivity contribution in [2.45, 2.75) is 32.5 Å². The van der Waals surface area contributed by atoms with Crippen LogP contribution in [0.5, 0.6) is 0 Å². The molecule has 1 aromatic carbocycles. The number of alkyl halides is 3. The van der Waals surface area contributed by atoms with Gasteiger partial charge in [-0.25, -0.2) is 4.98 Å². The molecule has 0 saturated heterocycles. The predicted octanol–water partition coefficient (Wildman–Crippen LogP) is 4.56. The van der Waals surface area contributed by atoms with Crippen LogP contribution in [0.15, 0.2) is 30.5 Å². The van der Waals surface area contributed by atoms with Crippen LogP contribution in [0.2, 0.25) is 0 Å². The summed E-state index contributed by atoms with van der Waals surface area (Å²) in [7, 11) is 0. The average molecular weight is 314 g/mol. The van der Waals surface area contributed by atoms with Gasteiger partial charge < -0.3 is 5.32 Å². The molecule has 0 amide bonds. The number of nitrogens with one attached hydrogen (secondary N) is 1. The van der Waals surface area contributed by atoms with E-state index in [1.807, 2.05) is 38.1 Å². The first-order chi connectivity index (χ1) is 9.93. The van der Waals surface area contributed by atoms with E-state index in [0.29, 0.717) is 16.2 Å². The van der Waals surface area contributed by atoms with Crippen LogP contribution in [-0.4, -0.2) is 11.5 Å². The van der Waals surface area contributed by atoms with E-state index in [0.717, 1.165) is 24.1 Å². The van der Waals surface area contributed by atoms with Crippen LogP contribution in [0.4, 0.5) is 13.2 Å². The second-order valence-corrected chi connectivity index (χ2v) is 5.87. The molecular formula is C15H17F3N2S. The van der Waals surface area contributed by atoms with Gasteiger partial charge in [-0.3, -0.25) is 0 Å². The topological polar surface area (TPSA) is 24.9 Å². The van der Waals surface area contributed by atoms with E-state index in [-0.39, 0.29) is 6.04 Å². The van der Waals surface area contributed by atoms with Gasteiger partial charge in [0.1, 0.15) is 0 Å². The molecule has 6 heteroatoms. The van der Waals surface area contributed by atoms with E-state index < -0.39 is 11.2 Å². The third kappa shape index (κ3) is 3.83. The first-order valence-corrected chi connectivity index (χ1v) is 7.57. The van der Waals surface area contributed by atoms with Crippen LogP contribution in [-0.2, 0) is 6.18 Å². The van der Waals surface area contributed by atoms with E-state index in [9.17, 15) is 13.2 Å². The van der Waals surface area contributed by atoms with Gasteiger partial charge in [0.25, 0.3) is 0 Å². The summed E-state index contributed by atoms with van der Waals surface area (Å²) in [6.07, 6.45) is -2.15. The van der Waals surface area contributed by atoms with Crippen molar-refractivity contribution < 1.29 is 13.2 Å². The molecule has 1 unspecified atom stereocenters. The highest BCUT2D eigenvalue weighted by atomic mass is 32.1. The Morgan fingerprint density at radius 2 is 2.00 bits per heavy atom. The summed E-state index contributed by atoms with van der Waals surface area (Å²) >= 11 is 0.703. The highest BCUT2D eigenvalue weighted by Gasteiger charge is 2.35. The fraction of sp³-hybridized carbons (Fsp3) is 0.400. The zero-order chi connectivity index (χ0) is 15.5. The Labute approximate surface area is 126 Å². The summed E-state index contributed by atoms with van der Waals surface area (Å²) in [5.41, 5.74) is 2.04. The van der Waals surface area contributed by atoms with E-state index in [4.69, 9.17) is 0 Å². The number of benzene rings is 1. The fourth-order valence-electron chi connectivity index (χ4n) is 2.11. The van der Waals surface area contributed by atoms with Crippen molar-refractivity contribution in [2.75, 3.05) is 6.54 Å². The monoisotopic (exact) mass is 314 g/mol. The van der Waals surface area contributed by atoms with Crippen molar-refractivity contribution in [1.82, 2.24) is 10.3 Å². The summed E-state index contributed by atoms with van der Waals surface area (Å²) in [6, 6.07) is 7.47. The highest BCUT2D eigenvalue weighted by Crippen LogP contribution is 2.36. The molecule has 1 N–H and O–H groups in total. The largest absolute Gasteiger partial charge is 0.443 e. The zero-order valence-corrected chi connectivity index (χ0v) is 12.7. The first-order valence-electron chi connectivity index (χ1n) is 6.75. The van der Waals surface area contributed by atoms with Crippen molar-refractivity contribution in [2.24, 2.45) is 0 Å². The zero-order valence-electron chi connectivity index (χ0n) is 11.9. The van der Waals surface area contributed by atoms with Crippen LogP contribution in [0.3, 0.4) is 0 Å². The molecule has 1 heterocycles. The van der Waals surface area contributed by atoms with Crippen molar-refractivity contribution >= 4 is 11.3 Å². The van der Waals surface area contributed by atoms with Crippen LogP contribution in [0.25, 0.3) is 0 Å². The standard InChI is InChI=1S/C15H17F3N2S/c1-3-8-19-13(11-7-5-4-6-10(11)2)12-9-20-14(21-12)15(16,17)18/h4-7,9,13,19H,3,8H2,1-2H3. The van der Waals surface area contributed by atoms with Gasteiger partial charge >= 0.3 is 6.18 Å². The number of aromatic nitrogens is 1. The van der Waals surface area contributed by atoms with Gasteiger partial charge in [-0.05, 0) is 31.0 Å². The molecule has 0 aliphatic heterocycles. The van der Waals surface area contributed by atoms with Crippen molar-refractivity contribution in [1.29, 1.82) is 0 Å². The van der Waals surface area contributed by atoms with Gasteiger partial charge in [0.15, 0.2) is 5.01 Å². The Morgan fingerprint density at radius 1 is 1.29 bits per heavy atom. The molecule has 0 aliphatic carbocycles. The second kappa shape index (κ2) is 6.58. The van der Waals surface area contributed by atoms with Crippen molar-refractivity contribution in [3.05, 3.63) is 51.5 Å². The quantitative estimate of drug-likeness (QED) is 0.875. The smallest absolute Gasteiger partial charge is 0.306 e. The molecule has 2 rings (SSSR count). The van der Waals surface area contributed by atoms with Gasteiger partial charge in [0, 0.05) is 11.1 Å². The van der Waals surface area contributed by atoms with E-state index >= 15 is 0 Å². The SMILES string of the molecule is CCCNC(c1cnc(C(F)(F)F)s1)c1ccccc1C. The number of rotatable bonds is 5. The Morgan fingerprint density at radius 3 is 2.57 bits per heavy atom. The summed E-state index contributed by atoms with van der Waals surface area (Å²) in [5, 5.41) is 2.51. The summed E-state index contributed by atoms with van der Waals surface area (Å²) in [6.45, 7) is 4.72. The Hall–Kier alpha value is -1.40. The Balaban J connectivity index is 2.37. The Kier molecular flexibility index (Phi) is 5.00. The molecule has 1 atom stereocenters. The number of nitrogens with zero attached hydrogens (tertiary/aromatic N) is 1. The predicted molar refractivity (Wildman–Crippen MR) is 78.4 cm³/mol. The van der Waals surface area contributed by atoms with Crippen molar-refractivity contribution in [3.63, 3.8) is 0 Å². The van der Waals surface area contributed by atoms with Crippen LogP contribution in [0.1, 0.15) is 40.4 Å². The molecule has 2 nitrogen and oxygen atoms in total. The van der Waals surface area contributed by atoms with Gasteiger partial charge in [-0.1, -0.05) is 31.2 Å². The summed E-state index contributed by atoms with van der Waals surface area (Å²) in [5.74, 6) is 0. The maximum atomic E-state index is 12.7. The molecule has 0 aliphatic rings. The van der Waals surface area contributed by atoms with Gasteiger partial charge in [0.2, 0.25) is 0 Å². The molecule has 0 saturated carbocycles. The van der Waals surface area contributed by atoms with Crippen LogP contribution < -0.4 is 5.32 Å². The molecule has 0 spiro atoms. The minimum Gasteiger partial charge on any atom is -0.306 e. The molecule has 21 heavy (non-hydrogen) atoms. The fourth-order valence-corrected chi connectivity index (χ4v) is 2.99. The molecule has 0 fully saturated rings. The maximum Gasteiger partial charge on any atom is 0.443 e. The van der Waals surface area contributed by atoms with Crippen LogP contribution >= 0.6 is 11.3 Å². The molecular weight excluding hydrogens is 297 g/mol. The third-order valence-electron chi connectivity index (χ3n) is 3.15.